The van der Waals surface area contributed by atoms with Gasteiger partial charge in [-0.2, -0.15) is 0 Å². The molecule has 1 aromatic rings. The van der Waals surface area contributed by atoms with Gasteiger partial charge >= 0.3 is 6.03 Å². The second-order valence-corrected chi connectivity index (χ2v) is 12.1. The van der Waals surface area contributed by atoms with Crippen molar-refractivity contribution in [1.29, 1.82) is 0 Å². The zero-order valence-corrected chi connectivity index (χ0v) is 19.9. The molecule has 4 nitrogen and oxygen atoms in total. The lowest BCUT2D eigenvalue weighted by atomic mass is 9.54. The molecule has 0 unspecified atom stereocenters. The maximum absolute atomic E-state index is 13.3. The Morgan fingerprint density at radius 2 is 1.65 bits per heavy atom. The van der Waals surface area contributed by atoms with Crippen LogP contribution >= 0.6 is 11.6 Å². The summed E-state index contributed by atoms with van der Waals surface area (Å²) < 4.78 is 0. The molecule has 1 spiro atoms. The molecule has 4 aliphatic carbocycles. The number of nitrogens with zero attached hydrogens (tertiary/aromatic N) is 2. The number of carbonyl (C=O) groups excluding carboxylic acids is 1. The Morgan fingerprint density at radius 3 is 2.26 bits per heavy atom. The molecule has 0 aromatic heterocycles. The number of amides is 2. The minimum absolute atomic E-state index is 0.0505. The Bertz CT molecular complexity index is 876. The summed E-state index contributed by atoms with van der Waals surface area (Å²) in [5.41, 5.74) is 2.51. The van der Waals surface area contributed by atoms with Crippen molar-refractivity contribution in [2.75, 3.05) is 20.1 Å². The van der Waals surface area contributed by atoms with E-state index in [-0.39, 0.29) is 17.1 Å². The third kappa shape index (κ3) is 2.86. The third-order valence-corrected chi connectivity index (χ3v) is 10.3. The van der Waals surface area contributed by atoms with Crippen LogP contribution in [0.2, 0.25) is 5.02 Å². The fourth-order valence-electron chi connectivity index (χ4n) is 8.45. The van der Waals surface area contributed by atoms with E-state index >= 15 is 0 Å². The standard InChI is InChI=1S/C26H36ClN3O/c1-25(2)20-5-4-6-21(27)22(20)26(29(25)3)7-9-30(10-8-26)24(31)28-23-18-12-16-11-17(14-18)15-19(23)13-16/h4-6,16-19,23H,7-15H2,1-3H3,(H,28,31). The van der Waals surface area contributed by atoms with Gasteiger partial charge in [0.2, 0.25) is 0 Å². The molecule has 2 heterocycles. The summed E-state index contributed by atoms with van der Waals surface area (Å²) >= 11 is 6.76. The molecule has 2 aliphatic heterocycles. The second-order valence-electron chi connectivity index (χ2n) is 11.7. The molecule has 2 amide bonds. The Morgan fingerprint density at radius 1 is 1.03 bits per heavy atom. The lowest BCUT2D eigenvalue weighted by molar-refractivity contribution is -0.0157. The fourth-order valence-corrected chi connectivity index (χ4v) is 8.80. The summed E-state index contributed by atoms with van der Waals surface area (Å²) in [6, 6.07) is 6.93. The van der Waals surface area contributed by atoms with Gasteiger partial charge in [-0.05, 0) is 107 Å². The number of rotatable bonds is 1. The third-order valence-electron chi connectivity index (χ3n) is 10.0. The first-order valence-electron chi connectivity index (χ1n) is 12.4. The molecule has 1 saturated heterocycles. The van der Waals surface area contributed by atoms with Crippen LogP contribution in [0.1, 0.15) is 69.9 Å². The number of hydrogen-bond donors (Lipinski definition) is 1. The molecular formula is C26H36ClN3O. The number of urea groups is 1. The molecule has 0 radical (unpaired) electrons. The largest absolute Gasteiger partial charge is 0.335 e. The van der Waals surface area contributed by atoms with Crippen molar-refractivity contribution in [3.8, 4) is 0 Å². The topological polar surface area (TPSA) is 35.6 Å². The van der Waals surface area contributed by atoms with E-state index in [1.165, 1.54) is 43.2 Å². The molecule has 31 heavy (non-hydrogen) atoms. The molecule has 168 valence electrons. The molecule has 1 N–H and O–H groups in total. The van der Waals surface area contributed by atoms with Crippen molar-refractivity contribution in [2.45, 2.75) is 75.9 Å². The Balaban J connectivity index is 1.18. The average molecular weight is 442 g/mol. The minimum atomic E-state index is -0.0728. The van der Waals surface area contributed by atoms with E-state index in [2.05, 4.69) is 48.1 Å². The van der Waals surface area contributed by atoms with Gasteiger partial charge in [0.05, 0.1) is 5.54 Å². The van der Waals surface area contributed by atoms with E-state index in [0.717, 1.165) is 54.6 Å². The number of nitrogens with one attached hydrogen (secondary N) is 1. The van der Waals surface area contributed by atoms with Gasteiger partial charge in [-0.15, -0.1) is 0 Å². The van der Waals surface area contributed by atoms with Crippen LogP contribution in [-0.2, 0) is 11.1 Å². The highest BCUT2D eigenvalue weighted by Crippen LogP contribution is 2.56. The van der Waals surface area contributed by atoms with Crippen LogP contribution in [-0.4, -0.2) is 42.0 Å². The first kappa shape index (κ1) is 20.4. The quantitative estimate of drug-likeness (QED) is 0.637. The monoisotopic (exact) mass is 441 g/mol. The van der Waals surface area contributed by atoms with Crippen molar-refractivity contribution in [2.24, 2.45) is 23.7 Å². The number of halogens is 1. The Kier molecular flexibility index (Phi) is 4.51. The van der Waals surface area contributed by atoms with Crippen LogP contribution in [0.15, 0.2) is 18.2 Å². The van der Waals surface area contributed by atoms with Crippen molar-refractivity contribution < 1.29 is 4.79 Å². The molecule has 5 heteroatoms. The van der Waals surface area contributed by atoms with Crippen molar-refractivity contribution >= 4 is 17.6 Å². The first-order chi connectivity index (χ1) is 14.8. The van der Waals surface area contributed by atoms with Crippen LogP contribution in [0, 0.1) is 23.7 Å². The first-order valence-corrected chi connectivity index (χ1v) is 12.8. The van der Waals surface area contributed by atoms with Gasteiger partial charge in [0.1, 0.15) is 0 Å². The molecule has 4 bridgehead atoms. The molecule has 5 fully saturated rings. The molecule has 7 rings (SSSR count). The lowest BCUT2D eigenvalue weighted by Crippen LogP contribution is -2.60. The molecule has 0 atom stereocenters. The van der Waals surface area contributed by atoms with E-state index in [1.54, 1.807) is 0 Å². The number of carbonyl (C=O) groups is 1. The van der Waals surface area contributed by atoms with Gasteiger partial charge in [0.15, 0.2) is 0 Å². The number of fused-ring (bicyclic) bond motifs is 2. The molecule has 6 aliphatic rings. The predicted molar refractivity (Wildman–Crippen MR) is 124 cm³/mol. The summed E-state index contributed by atoms with van der Waals surface area (Å²) in [4.78, 5) is 17.9. The number of hydrogen-bond acceptors (Lipinski definition) is 2. The van der Waals surface area contributed by atoms with E-state index < -0.39 is 0 Å². The summed E-state index contributed by atoms with van der Waals surface area (Å²) in [5, 5.41) is 4.39. The van der Waals surface area contributed by atoms with Gasteiger partial charge in [0.25, 0.3) is 0 Å². The van der Waals surface area contributed by atoms with E-state index in [1.807, 2.05) is 6.07 Å². The van der Waals surface area contributed by atoms with Crippen LogP contribution in [0.4, 0.5) is 4.79 Å². The van der Waals surface area contributed by atoms with Crippen molar-refractivity contribution in [1.82, 2.24) is 15.1 Å². The van der Waals surface area contributed by atoms with Crippen LogP contribution in [0.3, 0.4) is 0 Å². The highest BCUT2D eigenvalue weighted by Gasteiger charge is 2.55. The van der Waals surface area contributed by atoms with Gasteiger partial charge in [-0.3, -0.25) is 4.90 Å². The van der Waals surface area contributed by atoms with Crippen LogP contribution < -0.4 is 5.32 Å². The summed E-state index contributed by atoms with van der Waals surface area (Å²) in [6.45, 7) is 6.18. The smallest absolute Gasteiger partial charge is 0.317 e. The van der Waals surface area contributed by atoms with Crippen molar-refractivity contribution in [3.05, 3.63) is 34.3 Å². The molecular weight excluding hydrogens is 406 g/mol. The number of benzene rings is 1. The molecule has 1 aromatic carbocycles. The van der Waals surface area contributed by atoms with Crippen molar-refractivity contribution in [3.63, 3.8) is 0 Å². The summed E-state index contributed by atoms with van der Waals surface area (Å²) in [5.74, 6) is 3.33. The minimum Gasteiger partial charge on any atom is -0.335 e. The van der Waals surface area contributed by atoms with E-state index in [9.17, 15) is 4.79 Å². The van der Waals surface area contributed by atoms with Gasteiger partial charge in [0, 0.05) is 29.7 Å². The Labute approximate surface area is 191 Å². The highest BCUT2D eigenvalue weighted by molar-refractivity contribution is 6.31. The lowest BCUT2D eigenvalue weighted by Gasteiger charge is -2.54. The average Bonchev–Trinajstić information content (AvgIpc) is 2.90. The normalized spacial score (nSPS) is 37.3. The van der Waals surface area contributed by atoms with Crippen LogP contribution in [0.5, 0.6) is 0 Å². The zero-order chi connectivity index (χ0) is 21.5. The van der Waals surface area contributed by atoms with E-state index in [0.29, 0.717) is 6.04 Å². The highest BCUT2D eigenvalue weighted by atomic mass is 35.5. The number of likely N-dealkylation sites (tertiary alicyclic amines) is 1. The SMILES string of the molecule is CN1C(C)(C)c2cccc(Cl)c2C12CCN(C(=O)NC1C3CC4CC(C3)CC1C4)CC2. The van der Waals surface area contributed by atoms with Gasteiger partial charge < -0.3 is 10.2 Å². The summed E-state index contributed by atoms with van der Waals surface area (Å²) in [7, 11) is 2.24. The second kappa shape index (κ2) is 6.87. The maximum atomic E-state index is 13.3. The fraction of sp³-hybridized carbons (Fsp3) is 0.731. The molecule has 4 saturated carbocycles. The van der Waals surface area contributed by atoms with Gasteiger partial charge in [-0.25, -0.2) is 4.79 Å². The van der Waals surface area contributed by atoms with E-state index in [4.69, 9.17) is 11.6 Å². The predicted octanol–water partition coefficient (Wildman–Crippen LogP) is 5.35. The number of piperidine rings is 1. The Hall–Kier alpha value is -1.26. The summed E-state index contributed by atoms with van der Waals surface area (Å²) in [6.07, 6.45) is 8.71. The maximum Gasteiger partial charge on any atom is 0.317 e. The van der Waals surface area contributed by atoms with Crippen LogP contribution in [0.25, 0.3) is 0 Å². The van der Waals surface area contributed by atoms with Gasteiger partial charge in [-0.1, -0.05) is 23.7 Å². The zero-order valence-electron chi connectivity index (χ0n) is 19.2.